The molecular weight excluding hydrogens is 488 g/mol. The molecule has 0 saturated carbocycles. The Morgan fingerprint density at radius 1 is 0.949 bits per heavy atom. The number of hydrogen-bond acceptors (Lipinski definition) is 5. The molecule has 1 fully saturated rings. The summed E-state index contributed by atoms with van der Waals surface area (Å²) in [6.07, 6.45) is 4.05. The molecular formula is C33H26N2O4. The zero-order chi connectivity index (χ0) is 26.9. The normalized spacial score (nSPS) is 24.3. The van der Waals surface area contributed by atoms with Crippen LogP contribution in [0.25, 0.3) is 16.8 Å². The quantitative estimate of drug-likeness (QED) is 0.369. The Hall–Kier alpha value is -4.71. The monoisotopic (exact) mass is 514 g/mol. The number of carbonyl (C=O) groups is 3. The highest BCUT2D eigenvalue weighted by Crippen LogP contribution is 2.58. The smallest absolute Gasteiger partial charge is 0.238 e. The van der Waals surface area contributed by atoms with E-state index in [1.807, 2.05) is 65.6 Å². The topological polar surface area (TPSA) is 75.7 Å². The lowest BCUT2D eigenvalue weighted by Gasteiger charge is -2.38. The maximum absolute atomic E-state index is 14.6. The molecule has 6 heteroatoms. The molecule has 1 spiro atoms. The largest absolute Gasteiger partial charge is 0.497 e. The Kier molecular flexibility index (Phi) is 5.04. The third-order valence-corrected chi connectivity index (χ3v) is 8.59. The summed E-state index contributed by atoms with van der Waals surface area (Å²) >= 11 is 0. The van der Waals surface area contributed by atoms with Gasteiger partial charge in [0.2, 0.25) is 5.91 Å². The lowest BCUT2D eigenvalue weighted by molar-refractivity contribution is -0.122. The van der Waals surface area contributed by atoms with Crippen molar-refractivity contribution in [3.8, 4) is 5.75 Å². The average molecular weight is 515 g/mol. The highest BCUT2D eigenvalue weighted by atomic mass is 16.5. The van der Waals surface area contributed by atoms with Crippen LogP contribution in [0.15, 0.2) is 91.0 Å². The number of nitrogens with zero attached hydrogens (tertiary/aromatic N) is 1. The van der Waals surface area contributed by atoms with Gasteiger partial charge < -0.3 is 15.0 Å². The van der Waals surface area contributed by atoms with E-state index in [9.17, 15) is 14.4 Å². The molecule has 3 aliphatic heterocycles. The van der Waals surface area contributed by atoms with Crippen LogP contribution in [-0.2, 0) is 15.0 Å². The van der Waals surface area contributed by atoms with Crippen molar-refractivity contribution in [2.75, 3.05) is 17.3 Å². The molecule has 0 aliphatic carbocycles. The SMILES string of the molecule is COc1cccc(C(=O)[C@@H]2[C@H](C(C)=O)N3c4ccc5ccccc5c4C=C[C@@H]3[C@@]23C(=O)Nc2ccccc23)c1. The molecule has 39 heavy (non-hydrogen) atoms. The molecule has 0 radical (unpaired) electrons. The third-order valence-electron chi connectivity index (χ3n) is 8.59. The number of fused-ring (bicyclic) bond motifs is 8. The fourth-order valence-corrected chi connectivity index (χ4v) is 7.04. The number of para-hydroxylation sites is 1. The first kappa shape index (κ1) is 23.4. The molecule has 0 aromatic heterocycles. The number of hydrogen-bond donors (Lipinski definition) is 1. The molecule has 7 rings (SSSR count). The number of anilines is 2. The van der Waals surface area contributed by atoms with Crippen molar-refractivity contribution in [1.82, 2.24) is 0 Å². The van der Waals surface area contributed by atoms with Gasteiger partial charge in [-0.1, -0.05) is 72.8 Å². The molecule has 1 N–H and O–H groups in total. The highest BCUT2D eigenvalue weighted by Gasteiger charge is 2.69. The second-order valence-electron chi connectivity index (χ2n) is 10.4. The van der Waals surface area contributed by atoms with Gasteiger partial charge in [0.05, 0.1) is 25.1 Å². The minimum Gasteiger partial charge on any atom is -0.497 e. The van der Waals surface area contributed by atoms with Gasteiger partial charge in [-0.25, -0.2) is 0 Å². The fraction of sp³-hybridized carbons (Fsp3) is 0.182. The number of ether oxygens (including phenoxy) is 1. The van der Waals surface area contributed by atoms with E-state index >= 15 is 0 Å². The van der Waals surface area contributed by atoms with Gasteiger partial charge in [0.25, 0.3) is 0 Å². The van der Waals surface area contributed by atoms with Crippen LogP contribution in [0.5, 0.6) is 5.75 Å². The Bertz CT molecular complexity index is 1740. The van der Waals surface area contributed by atoms with E-state index in [1.165, 1.54) is 6.92 Å². The van der Waals surface area contributed by atoms with Crippen molar-refractivity contribution >= 4 is 45.7 Å². The van der Waals surface area contributed by atoms with Crippen LogP contribution in [0.4, 0.5) is 11.4 Å². The summed E-state index contributed by atoms with van der Waals surface area (Å²) < 4.78 is 5.40. The maximum Gasteiger partial charge on any atom is 0.238 e. The van der Waals surface area contributed by atoms with Gasteiger partial charge in [-0.2, -0.15) is 0 Å². The zero-order valence-electron chi connectivity index (χ0n) is 21.5. The second-order valence-corrected chi connectivity index (χ2v) is 10.4. The van der Waals surface area contributed by atoms with Crippen LogP contribution in [0.3, 0.4) is 0 Å². The molecule has 192 valence electrons. The molecule has 1 amide bonds. The summed E-state index contributed by atoms with van der Waals surface area (Å²) in [5, 5.41) is 5.19. The van der Waals surface area contributed by atoms with Gasteiger partial charge in [0.1, 0.15) is 11.2 Å². The van der Waals surface area contributed by atoms with E-state index in [-0.39, 0.29) is 17.5 Å². The predicted molar refractivity (Wildman–Crippen MR) is 151 cm³/mol. The summed E-state index contributed by atoms with van der Waals surface area (Å²) in [4.78, 5) is 44.4. The first-order valence-corrected chi connectivity index (χ1v) is 13.0. The molecule has 1 saturated heterocycles. The van der Waals surface area contributed by atoms with Gasteiger partial charge in [-0.05, 0) is 47.5 Å². The molecule has 4 aromatic carbocycles. The number of methoxy groups -OCH3 is 1. The fourth-order valence-electron chi connectivity index (χ4n) is 7.04. The number of amides is 1. The highest BCUT2D eigenvalue weighted by molar-refractivity contribution is 6.17. The van der Waals surface area contributed by atoms with Crippen molar-refractivity contribution < 1.29 is 19.1 Å². The Labute approximate surface area is 225 Å². The summed E-state index contributed by atoms with van der Waals surface area (Å²) in [5.74, 6) is -1.11. The zero-order valence-corrected chi connectivity index (χ0v) is 21.5. The standard InChI is InChI=1S/C33H26N2O4/c1-19(36)30-29(31(37)21-9-7-10-22(18-21)39-2)33(25-12-5-6-13-26(25)34-32(33)38)28-17-15-24-23-11-4-3-8-20(23)14-16-27(24)35(28)30/h3-18,28-30H,1-2H3,(H,34,38)/t28-,29+,30+,33-/m1/s1. The summed E-state index contributed by atoms with van der Waals surface area (Å²) in [7, 11) is 1.55. The minimum absolute atomic E-state index is 0.162. The molecule has 0 bridgehead atoms. The van der Waals surface area contributed by atoms with Crippen molar-refractivity contribution in [2.24, 2.45) is 5.92 Å². The lowest BCUT2D eigenvalue weighted by Crippen LogP contribution is -2.51. The van der Waals surface area contributed by atoms with Crippen LogP contribution < -0.4 is 15.0 Å². The number of benzene rings is 4. The lowest BCUT2D eigenvalue weighted by atomic mass is 9.64. The van der Waals surface area contributed by atoms with Crippen molar-refractivity contribution in [2.45, 2.75) is 24.4 Å². The summed E-state index contributed by atoms with van der Waals surface area (Å²) in [5.41, 5.74) is 2.35. The predicted octanol–water partition coefficient (Wildman–Crippen LogP) is 5.41. The van der Waals surface area contributed by atoms with E-state index < -0.39 is 23.4 Å². The van der Waals surface area contributed by atoms with E-state index in [4.69, 9.17) is 4.74 Å². The average Bonchev–Trinajstić information content (AvgIpc) is 3.45. The Morgan fingerprint density at radius 3 is 2.56 bits per heavy atom. The molecule has 6 nitrogen and oxygen atoms in total. The van der Waals surface area contributed by atoms with Crippen molar-refractivity contribution in [3.63, 3.8) is 0 Å². The number of ketones is 2. The van der Waals surface area contributed by atoms with Crippen molar-refractivity contribution in [3.05, 3.63) is 108 Å². The van der Waals surface area contributed by atoms with Crippen LogP contribution in [0.2, 0.25) is 0 Å². The van der Waals surface area contributed by atoms with E-state index in [0.717, 1.165) is 27.6 Å². The molecule has 3 aliphatic rings. The second kappa shape index (κ2) is 8.40. The molecule has 0 unspecified atom stereocenters. The van der Waals surface area contributed by atoms with Crippen LogP contribution in [-0.4, -0.2) is 36.7 Å². The van der Waals surface area contributed by atoms with E-state index in [0.29, 0.717) is 17.0 Å². The minimum atomic E-state index is -1.30. The number of nitrogens with one attached hydrogen (secondary N) is 1. The van der Waals surface area contributed by atoms with E-state index in [1.54, 1.807) is 31.4 Å². The van der Waals surface area contributed by atoms with Crippen LogP contribution >= 0.6 is 0 Å². The first-order valence-electron chi connectivity index (χ1n) is 13.0. The van der Waals surface area contributed by atoms with Crippen LogP contribution in [0.1, 0.15) is 28.4 Å². The third kappa shape index (κ3) is 3.05. The Balaban J connectivity index is 1.53. The number of rotatable bonds is 4. The van der Waals surface area contributed by atoms with Gasteiger partial charge >= 0.3 is 0 Å². The number of Topliss-reactive ketones (excluding diaryl/α,β-unsaturated/α-hetero) is 2. The molecule has 4 aromatic rings. The maximum atomic E-state index is 14.6. The van der Waals surface area contributed by atoms with Crippen molar-refractivity contribution in [1.29, 1.82) is 0 Å². The van der Waals surface area contributed by atoms with Gasteiger partial charge in [0.15, 0.2) is 11.6 Å². The summed E-state index contributed by atoms with van der Waals surface area (Å²) in [6, 6.07) is 25.2. The molecule has 4 atom stereocenters. The Morgan fingerprint density at radius 2 is 1.74 bits per heavy atom. The van der Waals surface area contributed by atoms with Gasteiger partial charge in [-0.3, -0.25) is 14.4 Å². The van der Waals surface area contributed by atoms with E-state index in [2.05, 4.69) is 17.4 Å². The van der Waals surface area contributed by atoms with Gasteiger partial charge in [0, 0.05) is 22.5 Å². The number of carbonyl (C=O) groups excluding carboxylic acids is 3. The van der Waals surface area contributed by atoms with Gasteiger partial charge in [-0.15, -0.1) is 0 Å². The summed E-state index contributed by atoms with van der Waals surface area (Å²) in [6.45, 7) is 1.52. The first-order chi connectivity index (χ1) is 19.0. The van der Waals surface area contributed by atoms with Crippen LogP contribution in [0, 0.1) is 5.92 Å². The molecule has 3 heterocycles.